The van der Waals surface area contributed by atoms with Gasteiger partial charge in [0.05, 0.1) is 0 Å². The molecule has 5 heteroatoms. The van der Waals surface area contributed by atoms with E-state index >= 15 is 0 Å². The molecule has 116 valence electrons. The van der Waals surface area contributed by atoms with Gasteiger partial charge in [-0.2, -0.15) is 0 Å². The summed E-state index contributed by atoms with van der Waals surface area (Å²) in [6, 6.07) is 11.6. The number of nitrogens with one attached hydrogen (secondary N) is 2. The van der Waals surface area contributed by atoms with E-state index in [1.54, 1.807) is 0 Å². The van der Waals surface area contributed by atoms with Crippen molar-refractivity contribution in [3.05, 3.63) is 64.6 Å². The van der Waals surface area contributed by atoms with E-state index in [2.05, 4.69) is 21.4 Å². The smallest absolute Gasteiger partial charge is 0.267 e. The second kappa shape index (κ2) is 5.70. The van der Waals surface area contributed by atoms with Crippen LogP contribution < -0.4 is 5.32 Å². The summed E-state index contributed by atoms with van der Waals surface area (Å²) in [5.74, 6) is -0.0744. The maximum Gasteiger partial charge on any atom is 0.267 e. The Morgan fingerprint density at radius 3 is 3.13 bits per heavy atom. The molecular weight excluding hydrogens is 310 g/mol. The number of rotatable bonds is 2. The number of nitrogens with zero attached hydrogens (tertiary/aromatic N) is 1. The minimum absolute atomic E-state index is 0.0744. The van der Waals surface area contributed by atoms with Crippen molar-refractivity contribution >= 4 is 28.4 Å². The SMILES string of the molecule is O=C(NC1CCc2ncccc2C1)c1cc2cc(Cl)ccc2[nH]1. The molecule has 4 nitrogen and oxygen atoms in total. The molecule has 1 aliphatic rings. The Morgan fingerprint density at radius 1 is 1.30 bits per heavy atom. The third kappa shape index (κ3) is 2.82. The second-order valence-electron chi connectivity index (χ2n) is 5.94. The standard InChI is InChI=1S/C18H16ClN3O/c19-13-3-5-16-12(8-13)10-17(22-16)18(23)21-14-4-6-15-11(9-14)2-1-7-20-15/h1-3,5,7-8,10,14,22H,4,6,9H2,(H,21,23). The number of hydrogen-bond acceptors (Lipinski definition) is 2. The Bertz CT molecular complexity index is 887. The highest BCUT2D eigenvalue weighted by Gasteiger charge is 2.21. The lowest BCUT2D eigenvalue weighted by Crippen LogP contribution is -2.39. The normalized spacial score (nSPS) is 17.0. The van der Waals surface area contributed by atoms with Crippen LogP contribution in [0.3, 0.4) is 0 Å². The molecule has 2 heterocycles. The van der Waals surface area contributed by atoms with E-state index in [1.165, 1.54) is 5.56 Å². The van der Waals surface area contributed by atoms with Gasteiger partial charge in [0, 0.05) is 33.9 Å². The van der Waals surface area contributed by atoms with Gasteiger partial charge in [-0.15, -0.1) is 0 Å². The van der Waals surface area contributed by atoms with Crippen LogP contribution in [0, 0.1) is 0 Å². The molecule has 2 aromatic heterocycles. The van der Waals surface area contributed by atoms with Crippen LogP contribution in [0.2, 0.25) is 5.02 Å². The van der Waals surface area contributed by atoms with Crippen LogP contribution in [0.5, 0.6) is 0 Å². The van der Waals surface area contributed by atoms with Gasteiger partial charge in [0.15, 0.2) is 0 Å². The van der Waals surface area contributed by atoms with Crippen LogP contribution in [-0.4, -0.2) is 21.9 Å². The van der Waals surface area contributed by atoms with E-state index in [4.69, 9.17) is 11.6 Å². The first-order valence-corrected chi connectivity index (χ1v) is 8.09. The van der Waals surface area contributed by atoms with Gasteiger partial charge in [-0.05, 0) is 55.2 Å². The van der Waals surface area contributed by atoms with E-state index in [0.29, 0.717) is 10.7 Å². The van der Waals surface area contributed by atoms with Gasteiger partial charge in [0.1, 0.15) is 5.69 Å². The van der Waals surface area contributed by atoms with Crippen molar-refractivity contribution in [3.8, 4) is 0 Å². The third-order valence-electron chi connectivity index (χ3n) is 4.34. The maximum atomic E-state index is 12.5. The van der Waals surface area contributed by atoms with Crippen LogP contribution in [0.1, 0.15) is 28.2 Å². The lowest BCUT2D eigenvalue weighted by molar-refractivity contribution is 0.0929. The molecule has 0 aliphatic heterocycles. The van der Waals surface area contributed by atoms with Gasteiger partial charge in [-0.25, -0.2) is 0 Å². The van der Waals surface area contributed by atoms with Crippen molar-refractivity contribution < 1.29 is 4.79 Å². The topological polar surface area (TPSA) is 57.8 Å². The predicted molar refractivity (Wildman–Crippen MR) is 90.8 cm³/mol. The summed E-state index contributed by atoms with van der Waals surface area (Å²) in [6.07, 6.45) is 4.49. The predicted octanol–water partition coefficient (Wildman–Crippen LogP) is 3.50. The zero-order chi connectivity index (χ0) is 15.8. The summed E-state index contributed by atoms with van der Waals surface area (Å²) in [6.45, 7) is 0. The molecule has 0 spiro atoms. The fourth-order valence-electron chi connectivity index (χ4n) is 3.17. The monoisotopic (exact) mass is 325 g/mol. The molecule has 4 rings (SSSR count). The highest BCUT2D eigenvalue weighted by molar-refractivity contribution is 6.31. The number of amides is 1. The van der Waals surface area contributed by atoms with Gasteiger partial charge in [-0.1, -0.05) is 17.7 Å². The van der Waals surface area contributed by atoms with Crippen LogP contribution in [0.25, 0.3) is 10.9 Å². The molecule has 1 unspecified atom stereocenters. The van der Waals surface area contributed by atoms with Crippen LogP contribution in [0.4, 0.5) is 0 Å². The fraction of sp³-hybridized carbons (Fsp3) is 0.222. The first-order valence-electron chi connectivity index (χ1n) is 7.71. The van der Waals surface area contributed by atoms with E-state index in [1.807, 2.05) is 36.5 Å². The molecule has 0 fully saturated rings. The van der Waals surface area contributed by atoms with Gasteiger partial charge in [-0.3, -0.25) is 9.78 Å². The van der Waals surface area contributed by atoms with Crippen LogP contribution in [0.15, 0.2) is 42.6 Å². The lowest BCUT2D eigenvalue weighted by Gasteiger charge is -2.24. The van der Waals surface area contributed by atoms with Crippen LogP contribution in [-0.2, 0) is 12.8 Å². The molecule has 23 heavy (non-hydrogen) atoms. The Morgan fingerprint density at radius 2 is 2.22 bits per heavy atom. The number of carbonyl (C=O) groups is 1. The quantitative estimate of drug-likeness (QED) is 0.757. The number of aryl methyl sites for hydroxylation is 1. The molecule has 2 N–H and O–H groups in total. The van der Waals surface area contributed by atoms with Gasteiger partial charge < -0.3 is 10.3 Å². The summed E-state index contributed by atoms with van der Waals surface area (Å²) in [5.41, 5.74) is 3.86. The number of pyridine rings is 1. The van der Waals surface area contributed by atoms with Gasteiger partial charge in [0.2, 0.25) is 0 Å². The molecule has 0 bridgehead atoms. The first kappa shape index (κ1) is 14.3. The highest BCUT2D eigenvalue weighted by Crippen LogP contribution is 2.22. The summed E-state index contributed by atoms with van der Waals surface area (Å²) >= 11 is 5.99. The Balaban J connectivity index is 1.51. The number of benzene rings is 1. The number of hydrogen-bond donors (Lipinski definition) is 2. The zero-order valence-corrected chi connectivity index (χ0v) is 13.2. The summed E-state index contributed by atoms with van der Waals surface area (Å²) < 4.78 is 0. The van der Waals surface area contributed by atoms with E-state index in [-0.39, 0.29) is 11.9 Å². The molecule has 0 saturated carbocycles. The average Bonchev–Trinajstić information content (AvgIpc) is 2.98. The number of fused-ring (bicyclic) bond motifs is 2. The number of halogens is 1. The number of aromatic amines is 1. The largest absolute Gasteiger partial charge is 0.351 e. The summed E-state index contributed by atoms with van der Waals surface area (Å²) in [5, 5.41) is 4.73. The minimum Gasteiger partial charge on any atom is -0.351 e. The number of H-pyrrole nitrogens is 1. The molecule has 1 aliphatic carbocycles. The minimum atomic E-state index is -0.0744. The first-order chi connectivity index (χ1) is 11.2. The van der Waals surface area contributed by atoms with Gasteiger partial charge in [0.25, 0.3) is 5.91 Å². The number of carbonyl (C=O) groups excluding carboxylic acids is 1. The summed E-state index contributed by atoms with van der Waals surface area (Å²) in [7, 11) is 0. The van der Waals surface area contributed by atoms with E-state index < -0.39 is 0 Å². The van der Waals surface area contributed by atoms with Crippen molar-refractivity contribution in [1.29, 1.82) is 0 Å². The maximum absolute atomic E-state index is 12.5. The second-order valence-corrected chi connectivity index (χ2v) is 6.37. The summed E-state index contributed by atoms with van der Waals surface area (Å²) in [4.78, 5) is 20.0. The fourth-order valence-corrected chi connectivity index (χ4v) is 3.35. The molecule has 1 amide bonds. The molecular formula is C18H16ClN3O. The van der Waals surface area contributed by atoms with E-state index in [9.17, 15) is 4.79 Å². The Hall–Kier alpha value is -2.33. The molecule has 0 saturated heterocycles. The highest BCUT2D eigenvalue weighted by atomic mass is 35.5. The van der Waals surface area contributed by atoms with Crippen LogP contribution >= 0.6 is 11.6 Å². The Labute approximate surface area is 138 Å². The molecule has 1 atom stereocenters. The lowest BCUT2D eigenvalue weighted by atomic mass is 9.92. The van der Waals surface area contributed by atoms with Crippen molar-refractivity contribution in [2.24, 2.45) is 0 Å². The van der Waals surface area contributed by atoms with Crippen molar-refractivity contribution in [2.45, 2.75) is 25.3 Å². The van der Waals surface area contributed by atoms with Gasteiger partial charge >= 0.3 is 0 Å². The van der Waals surface area contributed by atoms with Crippen molar-refractivity contribution in [3.63, 3.8) is 0 Å². The zero-order valence-electron chi connectivity index (χ0n) is 12.5. The molecule has 0 radical (unpaired) electrons. The molecule has 3 aromatic rings. The van der Waals surface area contributed by atoms with E-state index in [0.717, 1.165) is 35.9 Å². The number of aromatic nitrogens is 2. The third-order valence-corrected chi connectivity index (χ3v) is 4.58. The average molecular weight is 326 g/mol. The Kier molecular flexibility index (Phi) is 3.54. The van der Waals surface area contributed by atoms with Crippen molar-refractivity contribution in [1.82, 2.24) is 15.3 Å². The molecule has 1 aromatic carbocycles. The van der Waals surface area contributed by atoms with Crippen molar-refractivity contribution in [2.75, 3.05) is 0 Å².